The Morgan fingerprint density at radius 2 is 1.82 bits per heavy atom. The van der Waals surface area contributed by atoms with E-state index in [0.717, 1.165) is 13.0 Å². The van der Waals surface area contributed by atoms with Crippen molar-refractivity contribution < 1.29 is 36.9 Å². The lowest BCUT2D eigenvalue weighted by Gasteiger charge is -2.38. The van der Waals surface area contributed by atoms with Gasteiger partial charge in [0.25, 0.3) is 0 Å². The highest BCUT2D eigenvalue weighted by Gasteiger charge is 2.46. The minimum atomic E-state index is -4.74. The quantitative estimate of drug-likeness (QED) is 0.433. The van der Waals surface area contributed by atoms with Crippen LogP contribution in [0, 0.1) is 0 Å². The molecule has 0 saturated carbocycles. The van der Waals surface area contributed by atoms with Crippen molar-refractivity contribution in [2.75, 3.05) is 40.0 Å². The van der Waals surface area contributed by atoms with Crippen molar-refractivity contribution in [2.24, 2.45) is 0 Å². The molecular weight excluding hydrogens is 513 g/mol. The second kappa shape index (κ2) is 13.0. The summed E-state index contributed by atoms with van der Waals surface area (Å²) in [6.07, 6.45) is -6.15. The first-order valence-electron chi connectivity index (χ1n) is 13.3. The fourth-order valence-electron chi connectivity index (χ4n) is 5.06. The van der Waals surface area contributed by atoms with E-state index in [1.165, 1.54) is 17.6 Å². The number of piperidine rings is 1. The summed E-state index contributed by atoms with van der Waals surface area (Å²) in [4.78, 5) is 13.9. The Morgan fingerprint density at radius 3 is 2.46 bits per heavy atom. The molecule has 1 amide bonds. The third kappa shape index (κ3) is 8.09. The molecule has 10 heteroatoms. The number of benzene rings is 2. The predicted octanol–water partition coefficient (Wildman–Crippen LogP) is 5.30. The van der Waals surface area contributed by atoms with E-state index in [0.29, 0.717) is 36.7 Å². The number of alkyl halides is 3. The van der Waals surface area contributed by atoms with Crippen LogP contribution in [0.4, 0.5) is 18.0 Å². The van der Waals surface area contributed by atoms with E-state index < -0.39 is 25.0 Å². The van der Waals surface area contributed by atoms with E-state index in [4.69, 9.17) is 18.9 Å². The standard InChI is InChI=1S/C29H37F3N2O5/c1-21(23-6-4-3-5-7-23)17-33-24-16-28(38-19-24)12-14-34(15-13-28)27(35)39-26(29(30,31)32)20-37-18-22-8-10-25(36-2)11-9-22/h3-11,21,24,26,33H,12-20H2,1-2H3/t21-,24?,26-/m1/s1. The molecule has 7 nitrogen and oxygen atoms in total. The molecule has 1 unspecified atom stereocenters. The number of amides is 1. The van der Waals surface area contributed by atoms with E-state index in [1.54, 1.807) is 24.3 Å². The molecule has 2 aromatic carbocycles. The van der Waals surface area contributed by atoms with Crippen molar-refractivity contribution in [3.05, 3.63) is 65.7 Å². The molecular formula is C29H37F3N2O5. The number of nitrogens with zero attached hydrogens (tertiary/aromatic N) is 1. The Kier molecular flexibility index (Phi) is 9.74. The number of halogens is 3. The molecule has 2 fully saturated rings. The molecule has 2 saturated heterocycles. The zero-order valence-corrected chi connectivity index (χ0v) is 22.4. The van der Waals surface area contributed by atoms with Gasteiger partial charge in [-0.3, -0.25) is 0 Å². The summed E-state index contributed by atoms with van der Waals surface area (Å²) < 4.78 is 62.1. The van der Waals surface area contributed by atoms with Gasteiger partial charge in [-0.15, -0.1) is 0 Å². The summed E-state index contributed by atoms with van der Waals surface area (Å²) >= 11 is 0. The molecule has 3 atom stereocenters. The Hall–Kier alpha value is -2.82. The van der Waals surface area contributed by atoms with Crippen LogP contribution in [0.3, 0.4) is 0 Å². The third-order valence-electron chi connectivity index (χ3n) is 7.53. The molecule has 0 aromatic heterocycles. The van der Waals surface area contributed by atoms with Crippen LogP contribution in [0.15, 0.2) is 54.6 Å². The van der Waals surface area contributed by atoms with Gasteiger partial charge in [0, 0.05) is 25.7 Å². The van der Waals surface area contributed by atoms with Crippen LogP contribution in [-0.4, -0.2) is 74.9 Å². The Morgan fingerprint density at radius 1 is 1.13 bits per heavy atom. The molecule has 0 radical (unpaired) electrons. The molecule has 1 spiro atoms. The van der Waals surface area contributed by atoms with Crippen molar-refractivity contribution >= 4 is 6.09 Å². The van der Waals surface area contributed by atoms with Gasteiger partial charge in [0.05, 0.1) is 32.5 Å². The van der Waals surface area contributed by atoms with Crippen LogP contribution < -0.4 is 10.1 Å². The van der Waals surface area contributed by atoms with Crippen molar-refractivity contribution in [1.29, 1.82) is 0 Å². The second-order valence-corrected chi connectivity index (χ2v) is 10.4. The first-order valence-corrected chi connectivity index (χ1v) is 13.3. The van der Waals surface area contributed by atoms with Crippen LogP contribution in [0.1, 0.15) is 43.2 Å². The highest BCUT2D eigenvalue weighted by Crippen LogP contribution is 2.36. The zero-order chi connectivity index (χ0) is 27.9. The van der Waals surface area contributed by atoms with E-state index in [-0.39, 0.29) is 31.3 Å². The highest BCUT2D eigenvalue weighted by molar-refractivity contribution is 5.68. The molecule has 4 rings (SSSR count). The number of likely N-dealkylation sites (tertiary alicyclic amines) is 1. The molecule has 2 aliphatic rings. The zero-order valence-electron chi connectivity index (χ0n) is 22.4. The van der Waals surface area contributed by atoms with Gasteiger partial charge in [-0.2, -0.15) is 13.2 Å². The van der Waals surface area contributed by atoms with Crippen LogP contribution in [0.2, 0.25) is 0 Å². The van der Waals surface area contributed by atoms with Gasteiger partial charge in [0.1, 0.15) is 5.75 Å². The summed E-state index contributed by atoms with van der Waals surface area (Å²) in [5, 5.41) is 3.59. The van der Waals surface area contributed by atoms with E-state index in [2.05, 4.69) is 24.4 Å². The summed E-state index contributed by atoms with van der Waals surface area (Å²) in [5.41, 5.74) is 1.59. The Labute approximate surface area is 227 Å². The van der Waals surface area contributed by atoms with Gasteiger partial charge in [-0.05, 0) is 48.4 Å². The molecule has 2 heterocycles. The van der Waals surface area contributed by atoms with E-state index in [1.807, 2.05) is 18.2 Å². The van der Waals surface area contributed by atoms with Crippen molar-refractivity contribution in [2.45, 2.75) is 62.6 Å². The van der Waals surface area contributed by atoms with Crippen molar-refractivity contribution in [1.82, 2.24) is 10.2 Å². The smallest absolute Gasteiger partial charge is 0.427 e. The normalized spacial score (nSPS) is 20.5. The number of carbonyl (C=O) groups is 1. The molecule has 1 N–H and O–H groups in total. The van der Waals surface area contributed by atoms with Crippen LogP contribution in [0.5, 0.6) is 5.75 Å². The third-order valence-corrected chi connectivity index (χ3v) is 7.53. The monoisotopic (exact) mass is 550 g/mol. The maximum atomic E-state index is 13.6. The summed E-state index contributed by atoms with van der Waals surface area (Å²) in [6.45, 7) is 3.32. The van der Waals surface area contributed by atoms with Crippen molar-refractivity contribution in [3.8, 4) is 5.75 Å². The lowest BCUT2D eigenvalue weighted by atomic mass is 9.87. The number of ether oxygens (including phenoxy) is 4. The average molecular weight is 551 g/mol. The topological polar surface area (TPSA) is 69.3 Å². The maximum absolute atomic E-state index is 13.6. The van der Waals surface area contributed by atoms with Gasteiger partial charge in [0.2, 0.25) is 6.10 Å². The Balaban J connectivity index is 1.21. The van der Waals surface area contributed by atoms with Crippen LogP contribution in [0.25, 0.3) is 0 Å². The molecule has 39 heavy (non-hydrogen) atoms. The predicted molar refractivity (Wildman–Crippen MR) is 140 cm³/mol. The fourth-order valence-corrected chi connectivity index (χ4v) is 5.06. The largest absolute Gasteiger partial charge is 0.497 e. The highest BCUT2D eigenvalue weighted by atomic mass is 19.4. The van der Waals surface area contributed by atoms with Gasteiger partial charge in [-0.1, -0.05) is 49.4 Å². The number of hydrogen-bond acceptors (Lipinski definition) is 6. The lowest BCUT2D eigenvalue weighted by molar-refractivity contribution is -0.220. The summed E-state index contributed by atoms with van der Waals surface area (Å²) in [6, 6.07) is 17.3. The van der Waals surface area contributed by atoms with Gasteiger partial charge < -0.3 is 29.2 Å². The summed E-state index contributed by atoms with van der Waals surface area (Å²) in [7, 11) is 1.53. The maximum Gasteiger partial charge on any atom is 0.427 e. The lowest BCUT2D eigenvalue weighted by Crippen LogP contribution is -2.49. The number of rotatable bonds is 10. The van der Waals surface area contributed by atoms with Crippen molar-refractivity contribution in [3.63, 3.8) is 0 Å². The molecule has 0 bridgehead atoms. The first kappa shape index (κ1) is 29.2. The fraction of sp³-hybridized carbons (Fsp3) is 0.552. The number of methoxy groups -OCH3 is 1. The minimum Gasteiger partial charge on any atom is -0.497 e. The average Bonchev–Trinajstić information content (AvgIpc) is 3.33. The SMILES string of the molecule is COc1ccc(COC[C@@H](OC(=O)N2CCC3(CC2)CC(NC[C@@H](C)c2ccccc2)CO3)C(F)(F)F)cc1. The van der Waals surface area contributed by atoms with E-state index in [9.17, 15) is 18.0 Å². The second-order valence-electron chi connectivity index (χ2n) is 10.4. The molecule has 0 aliphatic carbocycles. The number of nitrogens with one attached hydrogen (secondary N) is 1. The Bertz CT molecular complexity index is 1040. The van der Waals surface area contributed by atoms with Gasteiger partial charge in [-0.25, -0.2) is 4.79 Å². The first-order chi connectivity index (χ1) is 18.7. The number of carbonyl (C=O) groups excluding carboxylic acids is 1. The van der Waals surface area contributed by atoms with Crippen LogP contribution in [-0.2, 0) is 20.8 Å². The molecule has 2 aromatic rings. The number of hydrogen-bond donors (Lipinski definition) is 1. The van der Waals surface area contributed by atoms with Gasteiger partial charge >= 0.3 is 12.3 Å². The summed E-state index contributed by atoms with van der Waals surface area (Å²) in [5.74, 6) is 0.998. The van der Waals surface area contributed by atoms with E-state index >= 15 is 0 Å². The molecule has 2 aliphatic heterocycles. The minimum absolute atomic E-state index is 0.0446. The van der Waals surface area contributed by atoms with Gasteiger partial charge in [0.15, 0.2) is 0 Å². The molecule has 214 valence electrons. The van der Waals surface area contributed by atoms with Crippen LogP contribution >= 0.6 is 0 Å².